The lowest BCUT2D eigenvalue weighted by molar-refractivity contribution is -0.0627. The number of rotatable bonds is 0. The molecule has 1 heterocycles. The molecule has 4 aliphatic carbocycles. The van der Waals surface area contributed by atoms with E-state index < -0.39 is 0 Å². The molecule has 4 saturated carbocycles. The Morgan fingerprint density at radius 1 is 1.00 bits per heavy atom. The highest BCUT2D eigenvalue weighted by Crippen LogP contribution is 2.62. The minimum atomic E-state index is 0.800. The monoisotopic (exact) mass is 177 g/mol. The van der Waals surface area contributed by atoms with Gasteiger partial charge in [0.1, 0.15) is 0 Å². The lowest BCUT2D eigenvalue weighted by Crippen LogP contribution is -2.56. The minimum Gasteiger partial charge on any atom is -0.313 e. The van der Waals surface area contributed by atoms with Gasteiger partial charge in [-0.15, -0.1) is 0 Å². The van der Waals surface area contributed by atoms with Gasteiger partial charge >= 0.3 is 0 Å². The summed E-state index contributed by atoms with van der Waals surface area (Å²) in [5, 5.41) is 3.79. The highest BCUT2D eigenvalue weighted by Gasteiger charge is 2.58. The van der Waals surface area contributed by atoms with Gasteiger partial charge in [-0.3, -0.25) is 0 Å². The molecule has 1 N–H and O–H groups in total. The van der Waals surface area contributed by atoms with Gasteiger partial charge in [0.25, 0.3) is 0 Å². The van der Waals surface area contributed by atoms with Crippen molar-refractivity contribution in [3.8, 4) is 0 Å². The molecule has 3 unspecified atom stereocenters. The molecule has 5 rings (SSSR count). The molecule has 4 bridgehead atoms. The summed E-state index contributed by atoms with van der Waals surface area (Å²) in [5.41, 5.74) is 0.800. The van der Waals surface area contributed by atoms with Gasteiger partial charge in [-0.05, 0) is 68.2 Å². The third-order valence-corrected chi connectivity index (χ3v) is 5.45. The van der Waals surface area contributed by atoms with Crippen LogP contribution in [0.3, 0.4) is 0 Å². The van der Waals surface area contributed by atoms with Crippen LogP contribution in [-0.2, 0) is 0 Å². The fraction of sp³-hybridized carbons (Fsp3) is 1.00. The van der Waals surface area contributed by atoms with Crippen LogP contribution in [0.5, 0.6) is 0 Å². The summed E-state index contributed by atoms with van der Waals surface area (Å²) in [6.07, 6.45) is 9.38. The molecule has 3 atom stereocenters. The van der Waals surface area contributed by atoms with Crippen LogP contribution in [0.1, 0.15) is 38.5 Å². The van der Waals surface area contributed by atoms with Crippen LogP contribution in [0.2, 0.25) is 0 Å². The second kappa shape index (κ2) is 2.13. The summed E-state index contributed by atoms with van der Waals surface area (Å²) < 4.78 is 0. The maximum absolute atomic E-state index is 3.79. The molecule has 5 aliphatic rings. The maximum atomic E-state index is 3.79. The van der Waals surface area contributed by atoms with Crippen LogP contribution in [-0.4, -0.2) is 12.6 Å². The van der Waals surface area contributed by atoms with Crippen LogP contribution in [0.15, 0.2) is 0 Å². The number of hydrogen-bond donors (Lipinski definition) is 1. The predicted octanol–water partition coefficient (Wildman–Crippen LogP) is 2.17. The topological polar surface area (TPSA) is 12.0 Å². The van der Waals surface area contributed by atoms with Gasteiger partial charge in [0.15, 0.2) is 0 Å². The Morgan fingerprint density at radius 2 is 1.77 bits per heavy atom. The summed E-state index contributed by atoms with van der Waals surface area (Å²) in [7, 11) is 0. The van der Waals surface area contributed by atoms with E-state index >= 15 is 0 Å². The Bertz CT molecular complexity index is 234. The predicted molar refractivity (Wildman–Crippen MR) is 52.4 cm³/mol. The molecular weight excluding hydrogens is 158 g/mol. The molecule has 1 aliphatic heterocycles. The zero-order valence-electron chi connectivity index (χ0n) is 8.26. The van der Waals surface area contributed by atoms with Crippen LogP contribution in [0.4, 0.5) is 0 Å². The maximum Gasteiger partial charge on any atom is 0.0153 e. The van der Waals surface area contributed by atoms with Gasteiger partial charge < -0.3 is 5.32 Å². The van der Waals surface area contributed by atoms with E-state index in [9.17, 15) is 0 Å². The third-order valence-electron chi connectivity index (χ3n) is 5.45. The molecule has 1 heteroatoms. The summed E-state index contributed by atoms with van der Waals surface area (Å²) in [4.78, 5) is 0. The van der Waals surface area contributed by atoms with Crippen LogP contribution < -0.4 is 5.32 Å². The molecule has 0 aromatic carbocycles. The van der Waals surface area contributed by atoms with Gasteiger partial charge in [0, 0.05) is 6.04 Å². The molecular formula is C12H19N. The second-order valence-electron chi connectivity index (χ2n) is 6.15. The molecule has 1 saturated heterocycles. The first-order valence-electron chi connectivity index (χ1n) is 6.09. The fourth-order valence-electron chi connectivity index (χ4n) is 5.43. The van der Waals surface area contributed by atoms with E-state index in [1.165, 1.54) is 13.0 Å². The minimum absolute atomic E-state index is 0.800. The Hall–Kier alpha value is -0.0400. The molecule has 13 heavy (non-hydrogen) atoms. The van der Waals surface area contributed by atoms with Crippen molar-refractivity contribution in [2.24, 2.45) is 23.2 Å². The van der Waals surface area contributed by atoms with E-state index in [4.69, 9.17) is 0 Å². The normalized spacial score (nSPS) is 62.8. The molecule has 5 fully saturated rings. The first-order valence-corrected chi connectivity index (χ1v) is 6.09. The third kappa shape index (κ3) is 0.782. The molecule has 0 amide bonds. The molecule has 1 nitrogen and oxygen atoms in total. The van der Waals surface area contributed by atoms with E-state index in [0.29, 0.717) is 0 Å². The van der Waals surface area contributed by atoms with Crippen molar-refractivity contribution in [3.63, 3.8) is 0 Å². The summed E-state index contributed by atoms with van der Waals surface area (Å²) in [6.45, 7) is 1.32. The largest absolute Gasteiger partial charge is 0.313 e. The Balaban J connectivity index is 1.80. The summed E-state index contributed by atoms with van der Waals surface area (Å²) in [5.74, 6) is 3.34. The van der Waals surface area contributed by atoms with Crippen LogP contribution in [0.25, 0.3) is 0 Å². The van der Waals surface area contributed by atoms with Crippen molar-refractivity contribution in [2.45, 2.75) is 44.6 Å². The first kappa shape index (κ1) is 7.28. The van der Waals surface area contributed by atoms with Crippen molar-refractivity contribution >= 4 is 0 Å². The van der Waals surface area contributed by atoms with Crippen LogP contribution in [0, 0.1) is 23.2 Å². The Labute approximate surface area is 80.3 Å². The quantitative estimate of drug-likeness (QED) is 0.598. The van der Waals surface area contributed by atoms with Gasteiger partial charge in [0.05, 0.1) is 0 Å². The van der Waals surface area contributed by atoms with Crippen molar-refractivity contribution in [2.75, 3.05) is 6.54 Å². The van der Waals surface area contributed by atoms with E-state index in [-0.39, 0.29) is 0 Å². The highest BCUT2D eigenvalue weighted by molar-refractivity contribution is 5.12. The first-order chi connectivity index (χ1) is 6.36. The van der Waals surface area contributed by atoms with Gasteiger partial charge in [-0.1, -0.05) is 0 Å². The SMILES string of the molecule is C1CC23CC4CC(CC(C4)C2N1)C3. The highest BCUT2D eigenvalue weighted by atomic mass is 15.0. The summed E-state index contributed by atoms with van der Waals surface area (Å²) >= 11 is 0. The van der Waals surface area contributed by atoms with Gasteiger partial charge in [-0.2, -0.15) is 0 Å². The molecule has 0 aromatic heterocycles. The average molecular weight is 177 g/mol. The zero-order chi connectivity index (χ0) is 8.47. The van der Waals surface area contributed by atoms with Crippen molar-refractivity contribution < 1.29 is 0 Å². The molecule has 0 radical (unpaired) electrons. The molecule has 72 valence electrons. The lowest BCUT2D eigenvalue weighted by Gasteiger charge is -2.58. The van der Waals surface area contributed by atoms with Gasteiger partial charge in [-0.25, -0.2) is 0 Å². The van der Waals surface area contributed by atoms with Crippen molar-refractivity contribution in [1.82, 2.24) is 5.32 Å². The Kier molecular flexibility index (Phi) is 1.19. The second-order valence-corrected chi connectivity index (χ2v) is 6.15. The van der Waals surface area contributed by atoms with Crippen molar-refractivity contribution in [1.29, 1.82) is 0 Å². The fourth-order valence-corrected chi connectivity index (χ4v) is 5.43. The lowest BCUT2D eigenvalue weighted by atomic mass is 9.48. The average Bonchev–Trinajstić information content (AvgIpc) is 2.46. The molecule has 1 spiro atoms. The smallest absolute Gasteiger partial charge is 0.0153 e. The Morgan fingerprint density at radius 3 is 2.54 bits per heavy atom. The molecule has 0 aromatic rings. The van der Waals surface area contributed by atoms with E-state index in [0.717, 1.165) is 29.2 Å². The van der Waals surface area contributed by atoms with Crippen molar-refractivity contribution in [3.05, 3.63) is 0 Å². The standard InChI is InChI=1S/C12H19N/c1-2-13-11-10-4-8-3-9(5-10)7-12(1,11)6-8/h8-11,13H,1-7H2. The van der Waals surface area contributed by atoms with E-state index in [1.807, 2.05) is 0 Å². The van der Waals surface area contributed by atoms with Crippen LogP contribution >= 0.6 is 0 Å². The van der Waals surface area contributed by atoms with E-state index in [1.54, 1.807) is 32.1 Å². The number of nitrogens with one attached hydrogen (secondary N) is 1. The van der Waals surface area contributed by atoms with E-state index in [2.05, 4.69) is 5.32 Å². The number of hydrogen-bond acceptors (Lipinski definition) is 1. The van der Waals surface area contributed by atoms with Gasteiger partial charge in [0.2, 0.25) is 0 Å². The zero-order valence-corrected chi connectivity index (χ0v) is 8.26. The summed E-state index contributed by atoms with van der Waals surface area (Å²) in [6, 6.07) is 0.945.